The average molecular weight is 467 g/mol. The Kier molecular flexibility index (Phi) is 6.48. The van der Waals surface area contributed by atoms with Gasteiger partial charge >= 0.3 is 0 Å². The third-order valence-electron chi connectivity index (χ3n) is 4.54. The highest BCUT2D eigenvalue weighted by Gasteiger charge is 2.19. The molecule has 0 radical (unpaired) electrons. The first kappa shape index (κ1) is 21.9. The van der Waals surface area contributed by atoms with Crippen LogP contribution in [0.15, 0.2) is 66.0 Å². The largest absolute Gasteiger partial charge is 0.326 e. The maximum absolute atomic E-state index is 13.2. The lowest BCUT2D eigenvalue weighted by atomic mass is 10.2. The number of fused-ring (bicyclic) bond motifs is 1. The molecule has 0 aliphatic rings. The first-order chi connectivity index (χ1) is 15.4. The van der Waals surface area contributed by atoms with E-state index in [2.05, 4.69) is 20.6 Å². The van der Waals surface area contributed by atoms with E-state index in [0.717, 1.165) is 25.7 Å². The van der Waals surface area contributed by atoms with Crippen LogP contribution in [-0.4, -0.2) is 27.0 Å². The van der Waals surface area contributed by atoms with Crippen LogP contribution in [0, 0.1) is 5.82 Å². The van der Waals surface area contributed by atoms with Crippen molar-refractivity contribution >= 4 is 56.5 Å². The number of benzene rings is 2. The second-order valence-electron chi connectivity index (χ2n) is 7.02. The second kappa shape index (κ2) is 9.46. The molecular weight excluding hydrogens is 447 g/mol. The number of thioether (sulfide) groups is 1. The molecule has 32 heavy (non-hydrogen) atoms. The van der Waals surface area contributed by atoms with E-state index in [0.29, 0.717) is 11.4 Å². The zero-order valence-corrected chi connectivity index (χ0v) is 18.9. The summed E-state index contributed by atoms with van der Waals surface area (Å²) in [5.74, 6) is -0.598. The molecule has 0 aliphatic carbocycles. The van der Waals surface area contributed by atoms with Gasteiger partial charge in [-0.05, 0) is 55.0 Å². The van der Waals surface area contributed by atoms with E-state index in [1.54, 1.807) is 36.4 Å². The average Bonchev–Trinajstić information content (AvgIpc) is 3.20. The number of carbonyl (C=O) groups is 2. The number of halogens is 1. The number of hydrogen-bond acceptors (Lipinski definition) is 6. The Morgan fingerprint density at radius 3 is 2.31 bits per heavy atom. The third kappa shape index (κ3) is 5.12. The van der Waals surface area contributed by atoms with Crippen molar-refractivity contribution in [3.05, 3.63) is 66.7 Å². The van der Waals surface area contributed by atoms with Gasteiger partial charge in [0, 0.05) is 23.2 Å². The molecule has 0 bridgehead atoms. The molecule has 9 heteroatoms. The summed E-state index contributed by atoms with van der Waals surface area (Å²) >= 11 is 2.87. The van der Waals surface area contributed by atoms with Crippen molar-refractivity contribution in [2.24, 2.45) is 0 Å². The van der Waals surface area contributed by atoms with Gasteiger partial charge in [-0.3, -0.25) is 9.59 Å². The van der Waals surface area contributed by atoms with Gasteiger partial charge in [0.25, 0.3) is 0 Å². The lowest BCUT2D eigenvalue weighted by molar-refractivity contribution is -0.115. The molecule has 4 rings (SSSR count). The van der Waals surface area contributed by atoms with Crippen LogP contribution in [-0.2, 0) is 9.59 Å². The van der Waals surface area contributed by atoms with Gasteiger partial charge in [-0.25, -0.2) is 14.4 Å². The maximum Gasteiger partial charge on any atom is 0.237 e. The fraction of sp³-hybridized carbons (Fsp3) is 0.130. The molecule has 0 spiro atoms. The van der Waals surface area contributed by atoms with Gasteiger partial charge in [-0.1, -0.05) is 23.9 Å². The molecule has 2 heterocycles. The molecule has 0 fully saturated rings. The Morgan fingerprint density at radius 1 is 1.00 bits per heavy atom. The smallest absolute Gasteiger partial charge is 0.237 e. The van der Waals surface area contributed by atoms with Crippen molar-refractivity contribution in [3.63, 3.8) is 0 Å². The van der Waals surface area contributed by atoms with E-state index >= 15 is 0 Å². The van der Waals surface area contributed by atoms with Crippen molar-refractivity contribution in [1.29, 1.82) is 0 Å². The number of amides is 2. The monoisotopic (exact) mass is 466 g/mol. The van der Waals surface area contributed by atoms with Gasteiger partial charge in [0.2, 0.25) is 11.8 Å². The predicted octanol–water partition coefficient (Wildman–Crippen LogP) is 5.58. The van der Waals surface area contributed by atoms with Gasteiger partial charge in [0.15, 0.2) is 0 Å². The lowest BCUT2D eigenvalue weighted by Gasteiger charge is -2.12. The summed E-state index contributed by atoms with van der Waals surface area (Å²) in [6, 6.07) is 15.2. The summed E-state index contributed by atoms with van der Waals surface area (Å²) < 4.78 is 14.1. The minimum Gasteiger partial charge on any atom is -0.326 e. The quantitative estimate of drug-likeness (QED) is 0.286. The normalized spacial score (nSPS) is 11.8. The molecule has 6 nitrogen and oxygen atoms in total. The Balaban J connectivity index is 1.48. The third-order valence-corrected chi connectivity index (χ3v) is 6.95. The van der Waals surface area contributed by atoms with E-state index in [1.165, 1.54) is 48.5 Å². The first-order valence-electron chi connectivity index (χ1n) is 9.75. The Labute approximate surface area is 192 Å². The van der Waals surface area contributed by atoms with Crippen molar-refractivity contribution < 1.29 is 14.0 Å². The number of thiophene rings is 1. The predicted molar refractivity (Wildman–Crippen MR) is 128 cm³/mol. The van der Waals surface area contributed by atoms with Crippen LogP contribution in [0.4, 0.5) is 15.8 Å². The standard InChI is InChI=1S/C23H19FN4O2S2/c1-13(22(30)28-18-9-7-17(8-10-18)27-14(2)29)31-23-21-19(25-12-26-23)11-20(32-21)15-3-5-16(24)6-4-15/h3-13H,1-2H3,(H,27,29)(H,28,30)/t13-/m0/s1. The molecule has 162 valence electrons. The summed E-state index contributed by atoms with van der Waals surface area (Å²) in [5, 5.41) is 5.88. The van der Waals surface area contributed by atoms with Crippen molar-refractivity contribution in [2.45, 2.75) is 24.1 Å². The first-order valence-corrected chi connectivity index (χ1v) is 11.4. The van der Waals surface area contributed by atoms with Crippen molar-refractivity contribution in [1.82, 2.24) is 9.97 Å². The molecule has 2 amide bonds. The zero-order valence-electron chi connectivity index (χ0n) is 17.3. The summed E-state index contributed by atoms with van der Waals surface area (Å²) in [7, 11) is 0. The summed E-state index contributed by atoms with van der Waals surface area (Å²) in [6.45, 7) is 3.25. The van der Waals surface area contributed by atoms with Crippen LogP contribution in [0.3, 0.4) is 0 Å². The van der Waals surface area contributed by atoms with Crippen LogP contribution in [0.5, 0.6) is 0 Å². The van der Waals surface area contributed by atoms with Crippen LogP contribution in [0.1, 0.15) is 13.8 Å². The number of carbonyl (C=O) groups excluding carboxylic acids is 2. The van der Waals surface area contributed by atoms with Gasteiger partial charge in [-0.2, -0.15) is 0 Å². The van der Waals surface area contributed by atoms with E-state index in [-0.39, 0.29) is 17.6 Å². The van der Waals surface area contributed by atoms with E-state index < -0.39 is 5.25 Å². The Hall–Kier alpha value is -3.30. The molecular formula is C23H19FN4O2S2. The second-order valence-corrected chi connectivity index (χ2v) is 9.40. The highest BCUT2D eigenvalue weighted by molar-refractivity contribution is 8.00. The molecule has 1 atom stereocenters. The molecule has 0 unspecified atom stereocenters. The molecule has 4 aromatic rings. The van der Waals surface area contributed by atoms with Crippen LogP contribution >= 0.6 is 23.1 Å². The Morgan fingerprint density at radius 2 is 1.66 bits per heavy atom. The molecule has 0 saturated heterocycles. The van der Waals surface area contributed by atoms with Gasteiger partial charge < -0.3 is 10.6 Å². The molecule has 0 saturated carbocycles. The maximum atomic E-state index is 13.2. The number of nitrogens with one attached hydrogen (secondary N) is 2. The Bertz CT molecular complexity index is 1270. The fourth-order valence-electron chi connectivity index (χ4n) is 2.98. The van der Waals surface area contributed by atoms with E-state index in [1.807, 2.05) is 13.0 Å². The van der Waals surface area contributed by atoms with Crippen LogP contribution in [0.25, 0.3) is 20.7 Å². The van der Waals surface area contributed by atoms with Gasteiger partial charge in [0.1, 0.15) is 17.2 Å². The molecule has 0 aliphatic heterocycles. The molecule has 2 aromatic heterocycles. The highest BCUT2D eigenvalue weighted by Crippen LogP contribution is 2.38. The lowest BCUT2D eigenvalue weighted by Crippen LogP contribution is -2.22. The number of aromatic nitrogens is 2. The number of anilines is 2. The van der Waals surface area contributed by atoms with Gasteiger partial charge in [0.05, 0.1) is 15.5 Å². The molecule has 2 aromatic carbocycles. The fourth-order valence-corrected chi connectivity index (χ4v) is 5.07. The topological polar surface area (TPSA) is 84.0 Å². The molecule has 2 N–H and O–H groups in total. The van der Waals surface area contributed by atoms with Crippen LogP contribution in [0.2, 0.25) is 0 Å². The van der Waals surface area contributed by atoms with Crippen molar-refractivity contribution in [3.8, 4) is 10.4 Å². The number of hydrogen-bond donors (Lipinski definition) is 2. The van der Waals surface area contributed by atoms with E-state index in [4.69, 9.17) is 0 Å². The van der Waals surface area contributed by atoms with E-state index in [9.17, 15) is 14.0 Å². The van der Waals surface area contributed by atoms with Crippen LogP contribution < -0.4 is 10.6 Å². The van der Waals surface area contributed by atoms with Crippen molar-refractivity contribution in [2.75, 3.05) is 10.6 Å². The number of rotatable bonds is 6. The minimum absolute atomic E-state index is 0.154. The van der Waals surface area contributed by atoms with Gasteiger partial charge in [-0.15, -0.1) is 11.3 Å². The minimum atomic E-state index is -0.403. The SMILES string of the molecule is CC(=O)Nc1ccc(NC(=O)[C@H](C)Sc2ncnc3cc(-c4ccc(F)cc4)sc23)cc1. The summed E-state index contributed by atoms with van der Waals surface area (Å²) in [6.07, 6.45) is 1.48. The summed E-state index contributed by atoms with van der Waals surface area (Å²) in [5.41, 5.74) is 2.99. The highest BCUT2D eigenvalue weighted by atomic mass is 32.2. The summed E-state index contributed by atoms with van der Waals surface area (Å²) in [4.78, 5) is 33.5. The zero-order chi connectivity index (χ0) is 22.7. The number of nitrogens with zero attached hydrogens (tertiary/aromatic N) is 2.